The molecule has 0 saturated carbocycles. The van der Waals surface area contributed by atoms with Gasteiger partial charge in [0.2, 0.25) is 11.8 Å². The van der Waals surface area contributed by atoms with Crippen LogP contribution in [0.25, 0.3) is 0 Å². The zero-order valence-electron chi connectivity index (χ0n) is 20.3. The number of benzene rings is 1. The maximum absolute atomic E-state index is 12.3. The molecule has 0 spiro atoms. The summed E-state index contributed by atoms with van der Waals surface area (Å²) in [6.07, 6.45) is 9.00. The molecule has 8 nitrogen and oxygen atoms in total. The van der Waals surface area contributed by atoms with E-state index in [2.05, 4.69) is 20.9 Å². The molecule has 1 aliphatic heterocycles. The monoisotopic (exact) mass is 473 g/mol. The van der Waals surface area contributed by atoms with Crippen molar-refractivity contribution in [2.45, 2.75) is 25.8 Å². The molecule has 1 aromatic carbocycles. The van der Waals surface area contributed by atoms with E-state index in [4.69, 9.17) is 4.74 Å². The number of anilines is 2. The summed E-state index contributed by atoms with van der Waals surface area (Å²) in [4.78, 5) is 38.3. The Morgan fingerprint density at radius 2 is 1.66 bits per heavy atom. The molecule has 0 radical (unpaired) electrons. The van der Waals surface area contributed by atoms with Gasteiger partial charge >= 0.3 is 0 Å². The molecule has 0 saturated heterocycles. The molecule has 2 aromatic heterocycles. The molecule has 35 heavy (non-hydrogen) atoms. The van der Waals surface area contributed by atoms with Gasteiger partial charge in [-0.2, -0.15) is 0 Å². The molecular formula is C27H31N5O3. The maximum Gasteiger partial charge on any atom is 0.236 e. The molecular weight excluding hydrogens is 442 g/mol. The summed E-state index contributed by atoms with van der Waals surface area (Å²) in [6, 6.07) is 13.7. The normalized spacial score (nSPS) is 13.7. The number of nitrogens with zero attached hydrogens (tertiary/aromatic N) is 5. The lowest BCUT2D eigenvalue weighted by Crippen LogP contribution is -2.28. The van der Waals surface area contributed by atoms with Crippen molar-refractivity contribution in [3.63, 3.8) is 0 Å². The molecule has 0 unspecified atom stereocenters. The van der Waals surface area contributed by atoms with Crippen LogP contribution in [0.1, 0.15) is 24.0 Å². The fourth-order valence-electron chi connectivity index (χ4n) is 4.11. The highest BCUT2D eigenvalue weighted by Gasteiger charge is 2.27. The van der Waals surface area contributed by atoms with Crippen molar-refractivity contribution in [1.29, 1.82) is 0 Å². The van der Waals surface area contributed by atoms with Crippen LogP contribution in [0.5, 0.6) is 5.75 Å². The van der Waals surface area contributed by atoms with Gasteiger partial charge in [0.05, 0.1) is 18.0 Å². The Morgan fingerprint density at radius 1 is 0.886 bits per heavy atom. The Balaban J connectivity index is 1.35. The smallest absolute Gasteiger partial charge is 0.236 e. The van der Waals surface area contributed by atoms with Gasteiger partial charge in [-0.3, -0.25) is 24.5 Å². The minimum Gasteiger partial charge on any atom is -0.493 e. The lowest BCUT2D eigenvalue weighted by atomic mass is 10.2. The second-order valence-corrected chi connectivity index (χ2v) is 8.68. The van der Waals surface area contributed by atoms with E-state index in [1.807, 2.05) is 55.0 Å². The number of ether oxygens (including phenoxy) is 1. The van der Waals surface area contributed by atoms with Crippen molar-refractivity contribution in [3.8, 4) is 5.75 Å². The highest BCUT2D eigenvalue weighted by atomic mass is 16.5. The van der Waals surface area contributed by atoms with Crippen LogP contribution in [-0.2, 0) is 22.6 Å². The number of carbonyl (C=O) groups excluding carboxylic acids is 2. The molecule has 0 bridgehead atoms. The number of fused-ring (bicyclic) bond motifs is 1. The summed E-state index contributed by atoms with van der Waals surface area (Å²) in [7, 11) is 3.38. The van der Waals surface area contributed by atoms with E-state index < -0.39 is 0 Å². The summed E-state index contributed by atoms with van der Waals surface area (Å²) in [5, 5.41) is 0. The lowest BCUT2D eigenvalue weighted by molar-refractivity contribution is -0.125. The summed E-state index contributed by atoms with van der Waals surface area (Å²) < 4.78 is 6.03. The van der Waals surface area contributed by atoms with Gasteiger partial charge in [-0.05, 0) is 54.3 Å². The summed E-state index contributed by atoms with van der Waals surface area (Å²) in [6.45, 7) is 3.18. The van der Waals surface area contributed by atoms with E-state index >= 15 is 0 Å². The van der Waals surface area contributed by atoms with E-state index in [1.165, 1.54) is 20.9 Å². The Bertz CT molecular complexity index is 1140. The van der Waals surface area contributed by atoms with Crippen LogP contribution in [-0.4, -0.2) is 60.5 Å². The number of pyridine rings is 2. The Hall–Kier alpha value is -3.78. The number of carbonyl (C=O) groups is 2. The average Bonchev–Trinajstić information content (AvgIpc) is 2.96. The van der Waals surface area contributed by atoms with Crippen LogP contribution in [0.2, 0.25) is 0 Å². The van der Waals surface area contributed by atoms with Gasteiger partial charge in [0.25, 0.3) is 0 Å². The SMILES string of the molecule is CN1C(=O)CC(=O)N(C)c2cc(OCCCN(CCc3cccnc3)Cc3ccncc3)ccc21. The zero-order chi connectivity index (χ0) is 24.6. The van der Waals surface area contributed by atoms with Gasteiger partial charge in [-0.15, -0.1) is 0 Å². The highest BCUT2D eigenvalue weighted by molar-refractivity contribution is 6.15. The molecule has 4 rings (SSSR count). The van der Waals surface area contributed by atoms with E-state index in [9.17, 15) is 9.59 Å². The first-order valence-electron chi connectivity index (χ1n) is 11.8. The highest BCUT2D eigenvalue weighted by Crippen LogP contribution is 2.35. The molecule has 0 N–H and O–H groups in total. The van der Waals surface area contributed by atoms with Crippen LogP contribution < -0.4 is 14.5 Å². The van der Waals surface area contributed by atoms with Crippen molar-refractivity contribution < 1.29 is 14.3 Å². The third kappa shape index (κ3) is 6.42. The minimum atomic E-state index is -0.224. The molecule has 0 aliphatic carbocycles. The lowest BCUT2D eigenvalue weighted by Gasteiger charge is -2.23. The third-order valence-corrected chi connectivity index (χ3v) is 6.20. The minimum absolute atomic E-state index is 0.135. The largest absolute Gasteiger partial charge is 0.493 e. The number of rotatable bonds is 10. The van der Waals surface area contributed by atoms with Crippen LogP contribution in [0.3, 0.4) is 0 Å². The van der Waals surface area contributed by atoms with Crippen molar-refractivity contribution in [1.82, 2.24) is 14.9 Å². The second-order valence-electron chi connectivity index (χ2n) is 8.68. The van der Waals surface area contributed by atoms with E-state index in [-0.39, 0.29) is 18.2 Å². The van der Waals surface area contributed by atoms with Crippen LogP contribution >= 0.6 is 0 Å². The van der Waals surface area contributed by atoms with Gasteiger partial charge in [0.1, 0.15) is 12.2 Å². The van der Waals surface area contributed by atoms with E-state index in [1.54, 1.807) is 20.3 Å². The van der Waals surface area contributed by atoms with Gasteiger partial charge in [0.15, 0.2) is 0 Å². The molecule has 3 heterocycles. The zero-order valence-corrected chi connectivity index (χ0v) is 20.3. The van der Waals surface area contributed by atoms with Crippen molar-refractivity contribution in [2.75, 3.05) is 43.6 Å². The van der Waals surface area contributed by atoms with Crippen molar-refractivity contribution in [3.05, 3.63) is 78.4 Å². The fraction of sp³-hybridized carbons (Fsp3) is 0.333. The van der Waals surface area contributed by atoms with E-state index in [0.29, 0.717) is 23.7 Å². The average molecular weight is 474 g/mol. The van der Waals surface area contributed by atoms with Crippen LogP contribution in [0, 0.1) is 0 Å². The Kier molecular flexibility index (Phi) is 8.05. The summed E-state index contributed by atoms with van der Waals surface area (Å²) in [5.74, 6) is 0.246. The van der Waals surface area contributed by atoms with Gasteiger partial charge < -0.3 is 14.5 Å². The number of hydrogen-bond acceptors (Lipinski definition) is 6. The maximum atomic E-state index is 12.3. The molecule has 182 valence electrons. The molecule has 0 atom stereocenters. The molecule has 3 aromatic rings. The van der Waals surface area contributed by atoms with Gasteiger partial charge in [0, 0.05) is 64.6 Å². The summed E-state index contributed by atoms with van der Waals surface area (Å²) in [5.41, 5.74) is 3.83. The number of aromatic nitrogens is 2. The van der Waals surface area contributed by atoms with Gasteiger partial charge in [-0.1, -0.05) is 6.07 Å². The summed E-state index contributed by atoms with van der Waals surface area (Å²) >= 11 is 0. The molecule has 8 heteroatoms. The topological polar surface area (TPSA) is 78.9 Å². The first kappa shape index (κ1) is 24.3. The predicted molar refractivity (Wildman–Crippen MR) is 135 cm³/mol. The number of hydrogen-bond donors (Lipinski definition) is 0. The van der Waals surface area contributed by atoms with Crippen molar-refractivity contribution in [2.24, 2.45) is 0 Å². The predicted octanol–water partition coefficient (Wildman–Crippen LogP) is 3.32. The van der Waals surface area contributed by atoms with Crippen molar-refractivity contribution >= 4 is 23.2 Å². The fourth-order valence-corrected chi connectivity index (χ4v) is 4.11. The third-order valence-electron chi connectivity index (χ3n) is 6.20. The second kappa shape index (κ2) is 11.6. The Labute approximate surface area is 206 Å². The molecule has 0 fully saturated rings. The first-order valence-corrected chi connectivity index (χ1v) is 11.8. The standard InChI is InChI=1S/C27H31N5O3/c1-30-24-7-6-23(17-25(24)31(2)27(34)18-26(30)33)35-16-4-14-32(20-22-8-12-28-13-9-22)15-10-21-5-3-11-29-19-21/h3,5-9,11-13,17,19H,4,10,14-16,18,20H2,1-2H3. The van der Waals surface area contributed by atoms with E-state index in [0.717, 1.165) is 32.5 Å². The Morgan fingerprint density at radius 3 is 2.40 bits per heavy atom. The van der Waals surface area contributed by atoms with Gasteiger partial charge in [-0.25, -0.2) is 0 Å². The number of amides is 2. The van der Waals surface area contributed by atoms with Crippen LogP contribution in [0.4, 0.5) is 11.4 Å². The van der Waals surface area contributed by atoms with Crippen LogP contribution in [0.15, 0.2) is 67.3 Å². The first-order chi connectivity index (χ1) is 17.0. The quantitative estimate of drug-likeness (QED) is 0.332. The molecule has 2 amide bonds. The molecule has 1 aliphatic rings.